The molecule has 24 heavy (non-hydrogen) atoms. The maximum atomic E-state index is 9.31. The first-order valence-electron chi connectivity index (χ1n) is 8.02. The highest BCUT2D eigenvalue weighted by Crippen LogP contribution is 2.30. The maximum absolute atomic E-state index is 9.31. The van der Waals surface area contributed by atoms with Gasteiger partial charge in [0.2, 0.25) is 0 Å². The van der Waals surface area contributed by atoms with Crippen molar-refractivity contribution >= 4 is 29.1 Å². The van der Waals surface area contributed by atoms with Crippen LogP contribution in [0.1, 0.15) is 32.6 Å². The van der Waals surface area contributed by atoms with Crippen LogP contribution in [-0.4, -0.2) is 45.4 Å². The number of thioether (sulfide) groups is 1. The predicted molar refractivity (Wildman–Crippen MR) is 96.2 cm³/mol. The zero-order valence-electron chi connectivity index (χ0n) is 13.9. The van der Waals surface area contributed by atoms with E-state index in [2.05, 4.69) is 22.2 Å². The van der Waals surface area contributed by atoms with Gasteiger partial charge in [-0.2, -0.15) is 0 Å². The molecule has 0 saturated heterocycles. The van der Waals surface area contributed by atoms with Crippen molar-refractivity contribution in [3.8, 4) is 0 Å². The molecule has 2 unspecified atom stereocenters. The van der Waals surface area contributed by atoms with E-state index in [0.717, 1.165) is 31.4 Å². The highest BCUT2D eigenvalue weighted by molar-refractivity contribution is 7.99. The molecule has 0 aromatic carbocycles. The van der Waals surface area contributed by atoms with E-state index < -0.39 is 5.85 Å². The molecule has 1 heterocycles. The van der Waals surface area contributed by atoms with Crippen molar-refractivity contribution in [2.45, 2.75) is 55.8 Å². The van der Waals surface area contributed by atoms with Crippen LogP contribution in [-0.2, 0) is 4.74 Å². The van der Waals surface area contributed by atoms with Crippen LogP contribution in [0.25, 0.3) is 0 Å². The van der Waals surface area contributed by atoms with Crippen molar-refractivity contribution < 1.29 is 9.84 Å². The summed E-state index contributed by atoms with van der Waals surface area (Å²) < 4.78 is 5.53. The van der Waals surface area contributed by atoms with E-state index in [4.69, 9.17) is 27.7 Å². The molecule has 0 bridgehead atoms. The van der Waals surface area contributed by atoms with Gasteiger partial charge in [-0.3, -0.25) is 11.5 Å². The first-order valence-corrected chi connectivity index (χ1v) is 9.01. The summed E-state index contributed by atoms with van der Waals surface area (Å²) in [6.07, 6.45) is 3.48. The highest BCUT2D eigenvalue weighted by atomic mass is 32.2. The Labute approximate surface area is 145 Å². The second-order valence-corrected chi connectivity index (χ2v) is 7.14. The molecule has 0 radical (unpaired) electrons. The molecule has 2 atom stereocenters. The summed E-state index contributed by atoms with van der Waals surface area (Å²) in [5.74, 6) is -0.0415. The molecule has 1 saturated carbocycles. The summed E-state index contributed by atoms with van der Waals surface area (Å²) in [5, 5.41) is 13.3. The minimum absolute atomic E-state index is 0.0181. The van der Waals surface area contributed by atoms with E-state index in [0.29, 0.717) is 16.7 Å². The lowest BCUT2D eigenvalue weighted by atomic mass is 10.2. The van der Waals surface area contributed by atoms with Crippen molar-refractivity contribution in [3.63, 3.8) is 0 Å². The Hall–Kier alpha value is -1.33. The van der Waals surface area contributed by atoms with Crippen molar-refractivity contribution in [2.75, 3.05) is 29.1 Å². The van der Waals surface area contributed by atoms with Gasteiger partial charge >= 0.3 is 0 Å². The zero-order valence-corrected chi connectivity index (χ0v) is 14.7. The Balaban J connectivity index is 1.95. The van der Waals surface area contributed by atoms with Crippen LogP contribution in [0.2, 0.25) is 0 Å². The normalized spacial score (nSPS) is 21.2. The first kappa shape index (κ1) is 19.0. The highest BCUT2D eigenvalue weighted by Gasteiger charge is 2.28. The van der Waals surface area contributed by atoms with Gasteiger partial charge in [-0.25, -0.2) is 9.97 Å². The van der Waals surface area contributed by atoms with Crippen LogP contribution >= 0.6 is 11.8 Å². The fourth-order valence-corrected chi connectivity index (χ4v) is 3.21. The van der Waals surface area contributed by atoms with Crippen molar-refractivity contribution in [1.82, 2.24) is 9.97 Å². The van der Waals surface area contributed by atoms with Gasteiger partial charge in [-0.05, 0) is 25.7 Å². The third kappa shape index (κ3) is 5.64. The number of nitrogens with two attached hydrogens (primary N) is 4. The summed E-state index contributed by atoms with van der Waals surface area (Å²) in [4.78, 5) is 8.66. The van der Waals surface area contributed by atoms with Gasteiger partial charge in [-0.15, -0.1) is 0 Å². The largest absolute Gasteiger partial charge is 0.393 e. The SMILES string of the molecule is CCCSc1nc(N)c(N)c(NC2CCC(OCC(N)(N)O)C2)n1. The standard InChI is InChI=1S/C14H27N7O2S/c1-2-5-24-13-20-11(16)10(15)12(21-13)19-8-3-4-9(6-8)23-7-14(17,18)22/h8-9,22H,2-7,15,17-18H2,1H3,(H3,16,19,20,21). The van der Waals surface area contributed by atoms with E-state index >= 15 is 0 Å². The maximum Gasteiger partial charge on any atom is 0.191 e. The molecule has 2 rings (SSSR count). The van der Waals surface area contributed by atoms with Crippen LogP contribution in [0, 0.1) is 0 Å². The monoisotopic (exact) mass is 357 g/mol. The quantitative estimate of drug-likeness (QED) is 0.212. The van der Waals surface area contributed by atoms with Crippen molar-refractivity contribution in [3.05, 3.63) is 0 Å². The summed E-state index contributed by atoms with van der Waals surface area (Å²) in [6, 6.07) is 0.152. The van der Waals surface area contributed by atoms with Crippen LogP contribution in [0.15, 0.2) is 5.16 Å². The summed E-state index contributed by atoms with van der Waals surface area (Å²) >= 11 is 1.55. The molecule has 0 aliphatic heterocycles. The Bertz CT molecular complexity index is 553. The molecule has 0 amide bonds. The number of nitrogens with one attached hydrogen (secondary N) is 1. The molecule has 136 valence electrons. The smallest absolute Gasteiger partial charge is 0.191 e. The lowest BCUT2D eigenvalue weighted by molar-refractivity contribution is -0.0645. The average molecular weight is 357 g/mol. The number of hydrogen-bond donors (Lipinski definition) is 6. The van der Waals surface area contributed by atoms with E-state index in [1.165, 1.54) is 0 Å². The molecule has 1 aliphatic carbocycles. The van der Waals surface area contributed by atoms with Gasteiger partial charge in [0, 0.05) is 11.8 Å². The van der Waals surface area contributed by atoms with Gasteiger partial charge in [0.05, 0.1) is 6.10 Å². The number of nitrogen functional groups attached to an aromatic ring is 2. The molecule has 1 aliphatic rings. The zero-order chi connectivity index (χ0) is 17.7. The molecule has 10 heteroatoms. The molecule has 10 N–H and O–H groups in total. The number of rotatable bonds is 8. The third-order valence-electron chi connectivity index (χ3n) is 3.67. The Morgan fingerprint density at radius 2 is 2.08 bits per heavy atom. The Morgan fingerprint density at radius 1 is 1.33 bits per heavy atom. The molecular weight excluding hydrogens is 330 g/mol. The molecule has 1 fully saturated rings. The van der Waals surface area contributed by atoms with Gasteiger partial charge in [0.15, 0.2) is 22.6 Å². The van der Waals surface area contributed by atoms with Crippen LogP contribution < -0.4 is 28.3 Å². The Kier molecular flexibility index (Phi) is 6.47. The van der Waals surface area contributed by atoms with Crippen molar-refractivity contribution in [2.24, 2.45) is 11.5 Å². The second-order valence-electron chi connectivity index (χ2n) is 6.08. The minimum atomic E-state index is -1.80. The predicted octanol–water partition coefficient (Wildman–Crippen LogP) is 0.0562. The van der Waals surface area contributed by atoms with Gasteiger partial charge < -0.3 is 26.6 Å². The summed E-state index contributed by atoms with van der Waals surface area (Å²) in [6.45, 7) is 1.99. The first-order chi connectivity index (χ1) is 11.3. The lowest BCUT2D eigenvalue weighted by Gasteiger charge is -2.21. The number of nitrogens with zero attached hydrogens (tertiary/aromatic N) is 2. The van der Waals surface area contributed by atoms with Crippen LogP contribution in [0.3, 0.4) is 0 Å². The Morgan fingerprint density at radius 3 is 2.75 bits per heavy atom. The lowest BCUT2D eigenvalue weighted by Crippen LogP contribution is -2.53. The number of hydrogen-bond acceptors (Lipinski definition) is 10. The van der Waals surface area contributed by atoms with E-state index in [9.17, 15) is 5.11 Å². The molecule has 9 nitrogen and oxygen atoms in total. The molecule has 1 aromatic heterocycles. The number of aliphatic hydroxyl groups is 1. The second kappa shape index (κ2) is 8.17. The number of anilines is 3. The van der Waals surface area contributed by atoms with Crippen LogP contribution in [0.5, 0.6) is 0 Å². The fourth-order valence-electron chi connectivity index (χ4n) is 2.50. The topological polar surface area (TPSA) is 171 Å². The summed E-state index contributed by atoms with van der Waals surface area (Å²) in [7, 11) is 0. The van der Waals surface area contributed by atoms with Gasteiger partial charge in [0.25, 0.3) is 0 Å². The molecule has 0 spiro atoms. The third-order valence-corrected chi connectivity index (χ3v) is 4.72. The van der Waals surface area contributed by atoms with Crippen LogP contribution in [0.4, 0.5) is 17.3 Å². The minimum Gasteiger partial charge on any atom is -0.393 e. The molecule has 1 aromatic rings. The summed E-state index contributed by atoms with van der Waals surface area (Å²) in [5.41, 5.74) is 22.8. The van der Waals surface area contributed by atoms with Crippen molar-refractivity contribution in [1.29, 1.82) is 0 Å². The number of ether oxygens (including phenoxy) is 1. The van der Waals surface area contributed by atoms with Gasteiger partial charge in [-0.1, -0.05) is 18.7 Å². The molecular formula is C14H27N7O2S. The van der Waals surface area contributed by atoms with Gasteiger partial charge in [0.1, 0.15) is 12.3 Å². The fraction of sp³-hybridized carbons (Fsp3) is 0.714. The average Bonchev–Trinajstić information content (AvgIpc) is 2.95. The number of aromatic nitrogens is 2. The van der Waals surface area contributed by atoms with E-state index in [1.54, 1.807) is 11.8 Å². The van der Waals surface area contributed by atoms with E-state index in [-0.39, 0.29) is 24.6 Å². The van der Waals surface area contributed by atoms with E-state index in [1.807, 2.05) is 0 Å².